The maximum atomic E-state index is 11.8. The lowest BCUT2D eigenvalue weighted by Crippen LogP contribution is -2.59. The van der Waals surface area contributed by atoms with Crippen molar-refractivity contribution in [3.63, 3.8) is 0 Å². The van der Waals surface area contributed by atoms with Crippen LogP contribution in [-0.4, -0.2) is 61.0 Å². The normalized spacial score (nSPS) is 21.3. The molecule has 1 fully saturated rings. The molecule has 88 valence electrons. The molecule has 1 rings (SSSR count). The highest BCUT2D eigenvalue weighted by Crippen LogP contribution is 2.15. The number of nitrogens with one attached hydrogen (secondary N) is 1. The third-order valence-corrected chi connectivity index (χ3v) is 3.20. The Labute approximate surface area is 92.6 Å². The van der Waals surface area contributed by atoms with Crippen LogP contribution in [0.2, 0.25) is 0 Å². The molecule has 0 saturated carbocycles. The van der Waals surface area contributed by atoms with Gasteiger partial charge in [0.2, 0.25) is 5.91 Å². The quantitative estimate of drug-likeness (QED) is 0.725. The molecular formula is C11H23N3O. The summed E-state index contributed by atoms with van der Waals surface area (Å²) < 4.78 is 0. The van der Waals surface area contributed by atoms with E-state index in [9.17, 15) is 4.79 Å². The standard InChI is InChI=1S/C11H23N3O/c1-5-13(4)10(15)8-14-7-6-12-9-11(14,2)3/h12H,5-9H2,1-4H3. The first kappa shape index (κ1) is 12.5. The van der Waals surface area contributed by atoms with E-state index in [2.05, 4.69) is 24.1 Å². The molecule has 0 bridgehead atoms. The van der Waals surface area contributed by atoms with E-state index in [1.54, 1.807) is 4.90 Å². The van der Waals surface area contributed by atoms with Gasteiger partial charge in [0.15, 0.2) is 0 Å². The van der Waals surface area contributed by atoms with Crippen LogP contribution >= 0.6 is 0 Å². The van der Waals surface area contributed by atoms with Crippen LogP contribution in [0, 0.1) is 0 Å². The van der Waals surface area contributed by atoms with Crippen molar-refractivity contribution in [1.82, 2.24) is 15.1 Å². The summed E-state index contributed by atoms with van der Waals surface area (Å²) in [6.07, 6.45) is 0. The van der Waals surface area contributed by atoms with E-state index in [4.69, 9.17) is 0 Å². The summed E-state index contributed by atoms with van der Waals surface area (Å²) in [6.45, 7) is 10.6. The fraction of sp³-hybridized carbons (Fsp3) is 0.909. The summed E-state index contributed by atoms with van der Waals surface area (Å²) >= 11 is 0. The molecule has 0 aromatic carbocycles. The first-order chi connectivity index (χ1) is 6.97. The van der Waals surface area contributed by atoms with E-state index < -0.39 is 0 Å². The second-order valence-corrected chi connectivity index (χ2v) is 4.82. The number of carbonyl (C=O) groups is 1. The molecule has 1 saturated heterocycles. The number of likely N-dealkylation sites (N-methyl/N-ethyl adjacent to an activating group) is 1. The van der Waals surface area contributed by atoms with Gasteiger partial charge in [-0.05, 0) is 20.8 Å². The van der Waals surface area contributed by atoms with E-state index in [-0.39, 0.29) is 11.4 Å². The van der Waals surface area contributed by atoms with E-state index in [0.717, 1.165) is 26.2 Å². The van der Waals surface area contributed by atoms with Crippen LogP contribution in [0.15, 0.2) is 0 Å². The van der Waals surface area contributed by atoms with E-state index in [0.29, 0.717) is 6.54 Å². The van der Waals surface area contributed by atoms with Gasteiger partial charge in [-0.2, -0.15) is 0 Å². The molecule has 1 heterocycles. The highest BCUT2D eigenvalue weighted by Gasteiger charge is 2.31. The number of carbonyl (C=O) groups excluding carboxylic acids is 1. The first-order valence-electron chi connectivity index (χ1n) is 5.67. The summed E-state index contributed by atoms with van der Waals surface area (Å²) in [5, 5.41) is 3.35. The average Bonchev–Trinajstić information content (AvgIpc) is 2.19. The smallest absolute Gasteiger partial charge is 0.236 e. The molecule has 1 N–H and O–H groups in total. The summed E-state index contributed by atoms with van der Waals surface area (Å²) in [5.41, 5.74) is 0.0858. The van der Waals surface area contributed by atoms with Crippen molar-refractivity contribution in [2.75, 3.05) is 39.8 Å². The Morgan fingerprint density at radius 1 is 1.53 bits per heavy atom. The summed E-state index contributed by atoms with van der Waals surface area (Å²) in [6, 6.07) is 0. The summed E-state index contributed by atoms with van der Waals surface area (Å²) in [4.78, 5) is 15.8. The zero-order valence-corrected chi connectivity index (χ0v) is 10.3. The second kappa shape index (κ2) is 4.94. The monoisotopic (exact) mass is 213 g/mol. The maximum absolute atomic E-state index is 11.8. The van der Waals surface area contributed by atoms with Crippen LogP contribution in [0.1, 0.15) is 20.8 Å². The number of hydrogen-bond donors (Lipinski definition) is 1. The largest absolute Gasteiger partial charge is 0.345 e. The second-order valence-electron chi connectivity index (χ2n) is 4.82. The van der Waals surface area contributed by atoms with Crippen molar-refractivity contribution in [2.24, 2.45) is 0 Å². The number of rotatable bonds is 3. The Bertz CT molecular complexity index is 228. The van der Waals surface area contributed by atoms with Gasteiger partial charge in [-0.25, -0.2) is 0 Å². The van der Waals surface area contributed by atoms with Gasteiger partial charge in [-0.3, -0.25) is 9.69 Å². The fourth-order valence-corrected chi connectivity index (χ4v) is 1.78. The Hall–Kier alpha value is -0.610. The zero-order chi connectivity index (χ0) is 11.5. The molecule has 0 atom stereocenters. The van der Waals surface area contributed by atoms with Gasteiger partial charge < -0.3 is 10.2 Å². The summed E-state index contributed by atoms with van der Waals surface area (Å²) in [7, 11) is 1.86. The minimum Gasteiger partial charge on any atom is -0.345 e. The predicted molar refractivity (Wildman–Crippen MR) is 61.8 cm³/mol. The molecule has 0 aliphatic carbocycles. The Morgan fingerprint density at radius 3 is 2.73 bits per heavy atom. The molecule has 0 radical (unpaired) electrons. The van der Waals surface area contributed by atoms with Gasteiger partial charge in [0.25, 0.3) is 0 Å². The molecular weight excluding hydrogens is 190 g/mol. The van der Waals surface area contributed by atoms with E-state index in [1.165, 1.54) is 0 Å². The molecule has 4 nitrogen and oxygen atoms in total. The van der Waals surface area contributed by atoms with Crippen molar-refractivity contribution < 1.29 is 4.79 Å². The third kappa shape index (κ3) is 3.18. The van der Waals surface area contributed by atoms with Crippen LogP contribution in [0.25, 0.3) is 0 Å². The highest BCUT2D eigenvalue weighted by molar-refractivity contribution is 5.78. The zero-order valence-electron chi connectivity index (χ0n) is 10.3. The van der Waals surface area contributed by atoms with Gasteiger partial charge in [-0.1, -0.05) is 0 Å². The number of piperazine rings is 1. The molecule has 4 heteroatoms. The van der Waals surface area contributed by atoms with E-state index in [1.807, 2.05) is 14.0 Å². The summed E-state index contributed by atoms with van der Waals surface area (Å²) in [5.74, 6) is 0.215. The van der Waals surface area contributed by atoms with Crippen LogP contribution in [-0.2, 0) is 4.79 Å². The molecule has 0 aromatic heterocycles. The average molecular weight is 213 g/mol. The topological polar surface area (TPSA) is 35.6 Å². The molecule has 0 aromatic rings. The fourth-order valence-electron chi connectivity index (χ4n) is 1.78. The van der Waals surface area contributed by atoms with Gasteiger partial charge >= 0.3 is 0 Å². The minimum absolute atomic E-state index is 0.0858. The molecule has 0 spiro atoms. The van der Waals surface area contributed by atoms with Crippen LogP contribution in [0.3, 0.4) is 0 Å². The lowest BCUT2D eigenvalue weighted by atomic mass is 10.0. The lowest BCUT2D eigenvalue weighted by Gasteiger charge is -2.42. The Balaban J connectivity index is 2.52. The molecule has 0 unspecified atom stereocenters. The van der Waals surface area contributed by atoms with Crippen molar-refractivity contribution in [3.8, 4) is 0 Å². The van der Waals surface area contributed by atoms with Crippen LogP contribution in [0.5, 0.6) is 0 Å². The van der Waals surface area contributed by atoms with Crippen LogP contribution in [0.4, 0.5) is 0 Å². The molecule has 15 heavy (non-hydrogen) atoms. The van der Waals surface area contributed by atoms with Crippen molar-refractivity contribution in [3.05, 3.63) is 0 Å². The first-order valence-corrected chi connectivity index (χ1v) is 5.67. The maximum Gasteiger partial charge on any atom is 0.236 e. The number of amides is 1. The predicted octanol–water partition coefficient (Wildman–Crippen LogP) is 0.149. The van der Waals surface area contributed by atoms with Crippen LogP contribution < -0.4 is 5.32 Å². The number of nitrogens with zero attached hydrogens (tertiary/aromatic N) is 2. The Morgan fingerprint density at radius 2 is 2.20 bits per heavy atom. The van der Waals surface area contributed by atoms with Crippen molar-refractivity contribution in [1.29, 1.82) is 0 Å². The molecule has 1 aliphatic heterocycles. The minimum atomic E-state index is 0.0858. The molecule has 1 amide bonds. The van der Waals surface area contributed by atoms with Gasteiger partial charge in [0, 0.05) is 38.8 Å². The number of hydrogen-bond acceptors (Lipinski definition) is 3. The van der Waals surface area contributed by atoms with Gasteiger partial charge in [-0.15, -0.1) is 0 Å². The molecule has 1 aliphatic rings. The van der Waals surface area contributed by atoms with Gasteiger partial charge in [0.1, 0.15) is 0 Å². The highest BCUT2D eigenvalue weighted by atomic mass is 16.2. The third-order valence-electron chi connectivity index (χ3n) is 3.20. The van der Waals surface area contributed by atoms with Crippen molar-refractivity contribution in [2.45, 2.75) is 26.3 Å². The SMILES string of the molecule is CCN(C)C(=O)CN1CCNCC1(C)C. The van der Waals surface area contributed by atoms with E-state index >= 15 is 0 Å². The van der Waals surface area contributed by atoms with Gasteiger partial charge in [0.05, 0.1) is 6.54 Å². The van der Waals surface area contributed by atoms with Crippen molar-refractivity contribution >= 4 is 5.91 Å². The lowest BCUT2D eigenvalue weighted by molar-refractivity contribution is -0.132. The Kier molecular flexibility index (Phi) is 4.11.